The molecule has 0 atom stereocenters. The fourth-order valence-corrected chi connectivity index (χ4v) is 2.50. The highest BCUT2D eigenvalue weighted by Crippen LogP contribution is 2.24. The molecule has 2 amide bonds. The van der Waals surface area contributed by atoms with E-state index in [0.29, 0.717) is 37.6 Å². The van der Waals surface area contributed by atoms with E-state index in [1.807, 2.05) is 25.7 Å². The Bertz CT molecular complexity index is 620. The van der Waals surface area contributed by atoms with Crippen molar-refractivity contribution in [1.29, 1.82) is 0 Å². The molecule has 0 aliphatic carbocycles. The molecule has 1 aromatic rings. The molecule has 0 spiro atoms. The maximum Gasteiger partial charge on any atom is 0.410 e. The van der Waals surface area contributed by atoms with E-state index in [4.69, 9.17) is 4.74 Å². The molecule has 1 heterocycles. The van der Waals surface area contributed by atoms with Crippen LogP contribution in [-0.4, -0.2) is 48.7 Å². The van der Waals surface area contributed by atoms with Crippen LogP contribution >= 0.6 is 0 Å². The second-order valence-electron chi connectivity index (χ2n) is 6.80. The maximum absolute atomic E-state index is 14.3. The summed E-state index contributed by atoms with van der Waals surface area (Å²) in [6, 6.07) is 4.61. The minimum Gasteiger partial charge on any atom is -0.444 e. The number of ether oxygens (including phenoxy) is 1. The highest BCUT2D eigenvalue weighted by molar-refractivity contribution is 5.88. The summed E-state index contributed by atoms with van der Waals surface area (Å²) in [4.78, 5) is 26.6. The smallest absolute Gasteiger partial charge is 0.410 e. The second kappa shape index (κ2) is 7.07. The normalized spacial score (nSPS) is 15.2. The van der Waals surface area contributed by atoms with Crippen LogP contribution in [0.15, 0.2) is 18.2 Å². The van der Waals surface area contributed by atoms with Gasteiger partial charge >= 0.3 is 6.09 Å². The molecule has 1 aliphatic heterocycles. The van der Waals surface area contributed by atoms with Gasteiger partial charge in [0, 0.05) is 38.8 Å². The van der Waals surface area contributed by atoms with Gasteiger partial charge in [0.25, 0.3) is 0 Å². The van der Waals surface area contributed by atoms with Crippen molar-refractivity contribution >= 4 is 23.4 Å². The van der Waals surface area contributed by atoms with Gasteiger partial charge in [0.15, 0.2) is 0 Å². The summed E-state index contributed by atoms with van der Waals surface area (Å²) in [7, 11) is 0. The van der Waals surface area contributed by atoms with Crippen LogP contribution in [0.25, 0.3) is 0 Å². The van der Waals surface area contributed by atoms with Crippen molar-refractivity contribution in [1.82, 2.24) is 4.90 Å². The molecule has 7 heteroatoms. The van der Waals surface area contributed by atoms with Crippen molar-refractivity contribution in [3.05, 3.63) is 24.0 Å². The van der Waals surface area contributed by atoms with E-state index in [-0.39, 0.29) is 12.0 Å². The number of hydrogen-bond acceptors (Lipinski definition) is 4. The van der Waals surface area contributed by atoms with E-state index in [1.54, 1.807) is 17.0 Å². The van der Waals surface area contributed by atoms with Gasteiger partial charge in [0.05, 0.1) is 5.69 Å². The molecular weight excluding hydrogens is 313 g/mol. The lowest BCUT2D eigenvalue weighted by Gasteiger charge is -2.36. The number of carbonyl (C=O) groups is 2. The van der Waals surface area contributed by atoms with E-state index >= 15 is 0 Å². The lowest BCUT2D eigenvalue weighted by Crippen LogP contribution is -2.50. The monoisotopic (exact) mass is 337 g/mol. The molecule has 6 nitrogen and oxygen atoms in total. The molecule has 24 heavy (non-hydrogen) atoms. The van der Waals surface area contributed by atoms with E-state index in [0.717, 1.165) is 0 Å². The largest absolute Gasteiger partial charge is 0.444 e. The molecule has 132 valence electrons. The average Bonchev–Trinajstić information content (AvgIpc) is 2.45. The van der Waals surface area contributed by atoms with Crippen LogP contribution in [0.1, 0.15) is 27.7 Å². The maximum atomic E-state index is 14.3. The third-order valence-corrected chi connectivity index (χ3v) is 3.54. The zero-order valence-corrected chi connectivity index (χ0v) is 14.6. The fourth-order valence-electron chi connectivity index (χ4n) is 2.50. The van der Waals surface area contributed by atoms with Gasteiger partial charge in [-0.05, 0) is 39.0 Å². The summed E-state index contributed by atoms with van der Waals surface area (Å²) in [6.45, 7) is 8.85. The van der Waals surface area contributed by atoms with Crippen LogP contribution in [0.2, 0.25) is 0 Å². The van der Waals surface area contributed by atoms with Crippen LogP contribution in [-0.2, 0) is 9.53 Å². The Morgan fingerprint density at radius 3 is 2.29 bits per heavy atom. The third-order valence-electron chi connectivity index (χ3n) is 3.54. The van der Waals surface area contributed by atoms with Crippen molar-refractivity contribution in [3.63, 3.8) is 0 Å². The number of rotatable bonds is 2. The lowest BCUT2D eigenvalue weighted by molar-refractivity contribution is -0.114. The predicted molar refractivity (Wildman–Crippen MR) is 90.7 cm³/mol. The van der Waals surface area contributed by atoms with Crippen LogP contribution < -0.4 is 10.2 Å². The molecule has 0 unspecified atom stereocenters. The predicted octanol–water partition coefficient (Wildman–Crippen LogP) is 2.84. The van der Waals surface area contributed by atoms with E-state index in [2.05, 4.69) is 5.32 Å². The molecule has 0 bridgehead atoms. The minimum absolute atomic E-state index is 0.242. The molecule has 0 radical (unpaired) electrons. The van der Waals surface area contributed by atoms with E-state index in [9.17, 15) is 14.0 Å². The first-order valence-corrected chi connectivity index (χ1v) is 7.96. The highest BCUT2D eigenvalue weighted by Gasteiger charge is 2.26. The summed E-state index contributed by atoms with van der Waals surface area (Å²) in [5.41, 5.74) is 0.365. The Balaban J connectivity index is 1.97. The van der Waals surface area contributed by atoms with Crippen molar-refractivity contribution < 1.29 is 18.7 Å². The molecule has 1 aliphatic rings. The first kappa shape index (κ1) is 18.0. The summed E-state index contributed by atoms with van der Waals surface area (Å²) in [5.74, 6) is -0.639. The minimum atomic E-state index is -0.528. The second-order valence-corrected chi connectivity index (χ2v) is 6.80. The van der Waals surface area contributed by atoms with Gasteiger partial charge in [-0.3, -0.25) is 4.79 Å². The molecule has 1 fully saturated rings. The van der Waals surface area contributed by atoms with Gasteiger partial charge in [-0.15, -0.1) is 0 Å². The summed E-state index contributed by atoms with van der Waals surface area (Å²) in [6.07, 6.45) is -0.344. The van der Waals surface area contributed by atoms with Crippen molar-refractivity contribution in [3.8, 4) is 0 Å². The van der Waals surface area contributed by atoms with Crippen molar-refractivity contribution in [2.45, 2.75) is 33.3 Å². The Morgan fingerprint density at radius 1 is 1.17 bits per heavy atom. The molecule has 1 N–H and O–H groups in total. The molecule has 0 saturated carbocycles. The standard InChI is InChI=1S/C17H24FN3O3/c1-12(22)19-13-5-6-15(14(18)11-13)20-7-9-21(10-8-20)16(23)24-17(2,3)4/h5-6,11H,7-10H2,1-4H3,(H,19,22). The van der Waals surface area contributed by atoms with Crippen molar-refractivity contribution in [2.24, 2.45) is 0 Å². The van der Waals surface area contributed by atoms with Crippen LogP contribution in [0, 0.1) is 5.82 Å². The third kappa shape index (κ3) is 4.84. The number of hydrogen-bond donors (Lipinski definition) is 1. The number of piperazine rings is 1. The van der Waals surface area contributed by atoms with Gasteiger partial charge in [-0.25, -0.2) is 9.18 Å². The average molecular weight is 337 g/mol. The van der Waals surface area contributed by atoms with E-state index in [1.165, 1.54) is 13.0 Å². The van der Waals surface area contributed by atoms with Gasteiger partial charge in [0.1, 0.15) is 11.4 Å². The molecule has 0 aromatic heterocycles. The van der Waals surface area contributed by atoms with Gasteiger partial charge in [0.2, 0.25) is 5.91 Å². The molecular formula is C17H24FN3O3. The number of amides is 2. The Morgan fingerprint density at radius 2 is 1.79 bits per heavy atom. The number of nitrogens with zero attached hydrogens (tertiary/aromatic N) is 2. The fraction of sp³-hybridized carbons (Fsp3) is 0.529. The number of anilines is 2. The number of halogens is 1. The van der Waals surface area contributed by atoms with Gasteiger partial charge in [-0.1, -0.05) is 0 Å². The summed E-state index contributed by atoms with van der Waals surface area (Å²) in [5, 5.41) is 2.55. The summed E-state index contributed by atoms with van der Waals surface area (Å²) >= 11 is 0. The van der Waals surface area contributed by atoms with Gasteiger partial charge < -0.3 is 19.9 Å². The van der Waals surface area contributed by atoms with Crippen LogP contribution in [0.3, 0.4) is 0 Å². The molecule has 2 rings (SSSR count). The lowest BCUT2D eigenvalue weighted by atomic mass is 10.2. The number of carbonyl (C=O) groups excluding carboxylic acids is 2. The highest BCUT2D eigenvalue weighted by atomic mass is 19.1. The topological polar surface area (TPSA) is 61.9 Å². The number of benzene rings is 1. The quantitative estimate of drug-likeness (QED) is 0.901. The zero-order valence-electron chi connectivity index (χ0n) is 14.6. The Kier molecular flexibility index (Phi) is 5.31. The summed E-state index contributed by atoms with van der Waals surface area (Å²) < 4.78 is 19.6. The Hall–Kier alpha value is -2.31. The van der Waals surface area contributed by atoms with E-state index < -0.39 is 11.4 Å². The Labute approximate surface area is 141 Å². The van der Waals surface area contributed by atoms with Gasteiger partial charge in [-0.2, -0.15) is 0 Å². The zero-order chi connectivity index (χ0) is 17.9. The van der Waals surface area contributed by atoms with Crippen LogP contribution in [0.4, 0.5) is 20.6 Å². The van der Waals surface area contributed by atoms with Crippen molar-refractivity contribution in [2.75, 3.05) is 36.4 Å². The van der Waals surface area contributed by atoms with Crippen LogP contribution in [0.5, 0.6) is 0 Å². The first-order chi connectivity index (χ1) is 11.2. The SMILES string of the molecule is CC(=O)Nc1ccc(N2CCN(C(=O)OC(C)(C)C)CC2)c(F)c1. The number of nitrogens with one attached hydrogen (secondary N) is 1. The molecule has 1 aromatic carbocycles. The first-order valence-electron chi connectivity index (χ1n) is 7.96. The molecule has 1 saturated heterocycles.